The highest BCUT2D eigenvalue weighted by Crippen LogP contribution is 2.17. The summed E-state index contributed by atoms with van der Waals surface area (Å²) in [5, 5.41) is 10.1. The second-order valence-corrected chi connectivity index (χ2v) is 6.67. The van der Waals surface area contributed by atoms with Crippen LogP contribution in [0, 0.1) is 6.92 Å². The molecule has 2 heterocycles. The molecule has 0 radical (unpaired) electrons. The molecule has 2 N–H and O–H groups in total. The van der Waals surface area contributed by atoms with Gasteiger partial charge in [-0.3, -0.25) is 9.59 Å². The van der Waals surface area contributed by atoms with Gasteiger partial charge in [-0.05, 0) is 44.9 Å². The maximum Gasteiger partial charge on any atom is 0.264 e. The van der Waals surface area contributed by atoms with Crippen molar-refractivity contribution in [3.63, 3.8) is 0 Å². The molecule has 1 aliphatic rings. The van der Waals surface area contributed by atoms with Crippen molar-refractivity contribution in [3.8, 4) is 0 Å². The highest BCUT2D eigenvalue weighted by atomic mass is 16.2. The third-order valence-corrected chi connectivity index (χ3v) is 4.71. The number of nitrogens with one attached hydrogen (secondary N) is 2. The van der Waals surface area contributed by atoms with E-state index < -0.39 is 0 Å². The Kier molecular flexibility index (Phi) is 5.28. The Hall–Kier alpha value is -2.47. The zero-order chi connectivity index (χ0) is 17.8. The molecule has 1 unspecified atom stereocenters. The van der Waals surface area contributed by atoms with E-state index in [1.165, 1.54) is 6.07 Å². The van der Waals surface area contributed by atoms with Gasteiger partial charge < -0.3 is 10.2 Å². The summed E-state index contributed by atoms with van der Waals surface area (Å²) < 4.78 is 0. The highest BCUT2D eigenvalue weighted by molar-refractivity contribution is 5.94. The van der Waals surface area contributed by atoms with Gasteiger partial charge in [0.1, 0.15) is 0 Å². The van der Waals surface area contributed by atoms with E-state index in [0.29, 0.717) is 6.04 Å². The minimum Gasteiger partial charge on any atom is -0.339 e. The summed E-state index contributed by atoms with van der Waals surface area (Å²) in [5.41, 5.74) is 2.53. The molecule has 1 amide bonds. The van der Waals surface area contributed by atoms with E-state index >= 15 is 0 Å². The van der Waals surface area contributed by atoms with Gasteiger partial charge in [0, 0.05) is 36.8 Å². The van der Waals surface area contributed by atoms with Gasteiger partial charge in [-0.1, -0.05) is 17.7 Å². The first-order valence-corrected chi connectivity index (χ1v) is 8.70. The predicted molar refractivity (Wildman–Crippen MR) is 96.5 cm³/mol. The van der Waals surface area contributed by atoms with Crippen molar-refractivity contribution in [1.29, 1.82) is 0 Å². The van der Waals surface area contributed by atoms with Crippen LogP contribution in [0.25, 0.3) is 0 Å². The van der Waals surface area contributed by atoms with Crippen LogP contribution in [0.1, 0.15) is 47.4 Å². The fourth-order valence-corrected chi connectivity index (χ4v) is 3.16. The lowest BCUT2D eigenvalue weighted by Crippen LogP contribution is -2.45. The van der Waals surface area contributed by atoms with Crippen LogP contribution in [-0.4, -0.2) is 40.1 Å². The smallest absolute Gasteiger partial charge is 0.264 e. The van der Waals surface area contributed by atoms with Crippen LogP contribution >= 0.6 is 0 Å². The van der Waals surface area contributed by atoms with E-state index in [1.807, 2.05) is 43.0 Å². The predicted octanol–water partition coefficient (Wildman–Crippen LogP) is 2.03. The number of aryl methyl sites for hydroxylation is 1. The quantitative estimate of drug-likeness (QED) is 0.893. The summed E-state index contributed by atoms with van der Waals surface area (Å²) in [7, 11) is 0. The number of aromatic nitrogens is 2. The molecule has 25 heavy (non-hydrogen) atoms. The summed E-state index contributed by atoms with van der Waals surface area (Å²) >= 11 is 0. The van der Waals surface area contributed by atoms with Crippen molar-refractivity contribution >= 4 is 5.91 Å². The van der Waals surface area contributed by atoms with Gasteiger partial charge in [-0.25, -0.2) is 5.10 Å². The van der Waals surface area contributed by atoms with Gasteiger partial charge in [0.15, 0.2) is 0 Å². The molecule has 3 rings (SSSR count). The number of rotatable bonds is 4. The van der Waals surface area contributed by atoms with E-state index in [1.54, 1.807) is 6.07 Å². The second-order valence-electron chi connectivity index (χ2n) is 6.67. The van der Waals surface area contributed by atoms with E-state index in [2.05, 4.69) is 15.5 Å². The zero-order valence-electron chi connectivity index (χ0n) is 14.7. The Bertz CT molecular complexity index is 756. The molecule has 6 heteroatoms. The lowest BCUT2D eigenvalue weighted by atomic mass is 10.0. The van der Waals surface area contributed by atoms with Crippen molar-refractivity contribution in [1.82, 2.24) is 20.4 Å². The maximum atomic E-state index is 12.6. The van der Waals surface area contributed by atoms with Crippen LogP contribution in [0.3, 0.4) is 0 Å². The molecule has 1 aromatic heterocycles. The molecule has 1 saturated heterocycles. The van der Waals surface area contributed by atoms with E-state index in [9.17, 15) is 9.59 Å². The van der Waals surface area contributed by atoms with Crippen molar-refractivity contribution in [3.05, 3.63) is 63.6 Å². The number of H-pyrrole nitrogens is 1. The molecule has 2 aromatic rings. The first-order chi connectivity index (χ1) is 12.0. The number of aromatic amines is 1. The number of carbonyl (C=O) groups is 1. The first kappa shape index (κ1) is 17.4. The lowest BCUT2D eigenvalue weighted by molar-refractivity contribution is 0.0702. The van der Waals surface area contributed by atoms with Gasteiger partial charge in [0.05, 0.1) is 5.69 Å². The maximum absolute atomic E-state index is 12.6. The monoisotopic (exact) mass is 340 g/mol. The third-order valence-electron chi connectivity index (χ3n) is 4.71. The molecule has 132 valence electrons. The standard InChI is InChI=1S/C19H24N4O2/c1-13-3-5-15(6-4-13)19(25)23-11-9-16(10-12-23)20-14(2)17-7-8-18(24)22-21-17/h3-8,14,16,20H,9-12H2,1-2H3,(H,22,24). The normalized spacial score (nSPS) is 16.6. The van der Waals surface area contributed by atoms with Gasteiger partial charge >= 0.3 is 0 Å². The Morgan fingerprint density at radius 1 is 1.20 bits per heavy atom. The largest absolute Gasteiger partial charge is 0.339 e. The lowest BCUT2D eigenvalue weighted by Gasteiger charge is -2.34. The number of benzene rings is 1. The Balaban J connectivity index is 1.53. The Morgan fingerprint density at radius 2 is 1.88 bits per heavy atom. The molecular weight excluding hydrogens is 316 g/mol. The van der Waals surface area contributed by atoms with Crippen LogP contribution < -0.4 is 10.9 Å². The topological polar surface area (TPSA) is 78.1 Å². The molecule has 1 aliphatic heterocycles. The molecule has 1 atom stereocenters. The zero-order valence-corrected chi connectivity index (χ0v) is 14.7. The summed E-state index contributed by atoms with van der Waals surface area (Å²) in [6.45, 7) is 5.54. The second kappa shape index (κ2) is 7.61. The summed E-state index contributed by atoms with van der Waals surface area (Å²) in [6, 6.07) is 11.4. The number of likely N-dealkylation sites (tertiary alicyclic amines) is 1. The number of piperidine rings is 1. The van der Waals surface area contributed by atoms with Crippen LogP contribution in [0.2, 0.25) is 0 Å². The van der Waals surface area contributed by atoms with Crippen molar-refractivity contribution in [2.75, 3.05) is 13.1 Å². The SMILES string of the molecule is Cc1ccc(C(=O)N2CCC(NC(C)c3ccc(=O)[nH]n3)CC2)cc1. The number of amides is 1. The first-order valence-electron chi connectivity index (χ1n) is 8.70. The fourth-order valence-electron chi connectivity index (χ4n) is 3.16. The van der Waals surface area contributed by atoms with Gasteiger partial charge in [0.2, 0.25) is 0 Å². The van der Waals surface area contributed by atoms with Crippen molar-refractivity contribution < 1.29 is 4.79 Å². The highest BCUT2D eigenvalue weighted by Gasteiger charge is 2.24. The molecule has 0 bridgehead atoms. The van der Waals surface area contributed by atoms with Crippen molar-refractivity contribution in [2.45, 2.75) is 38.8 Å². The number of hydrogen-bond acceptors (Lipinski definition) is 4. The average Bonchev–Trinajstić information content (AvgIpc) is 2.63. The number of nitrogens with zero attached hydrogens (tertiary/aromatic N) is 2. The molecule has 1 fully saturated rings. The molecule has 0 spiro atoms. The molecule has 0 aliphatic carbocycles. The number of carbonyl (C=O) groups excluding carboxylic acids is 1. The summed E-state index contributed by atoms with van der Waals surface area (Å²) in [5.74, 6) is 0.105. The van der Waals surface area contributed by atoms with Crippen LogP contribution in [-0.2, 0) is 0 Å². The van der Waals surface area contributed by atoms with Gasteiger partial charge in [-0.2, -0.15) is 5.10 Å². The number of hydrogen-bond donors (Lipinski definition) is 2. The molecule has 1 aromatic carbocycles. The van der Waals surface area contributed by atoms with E-state index in [-0.39, 0.29) is 17.5 Å². The fraction of sp³-hybridized carbons (Fsp3) is 0.421. The van der Waals surface area contributed by atoms with E-state index in [4.69, 9.17) is 0 Å². The average molecular weight is 340 g/mol. The summed E-state index contributed by atoms with van der Waals surface area (Å²) in [4.78, 5) is 25.6. The summed E-state index contributed by atoms with van der Waals surface area (Å²) in [6.07, 6.45) is 1.82. The minimum atomic E-state index is -0.195. The minimum absolute atomic E-state index is 0.0567. The van der Waals surface area contributed by atoms with Gasteiger partial charge in [-0.15, -0.1) is 0 Å². The van der Waals surface area contributed by atoms with Crippen molar-refractivity contribution in [2.24, 2.45) is 0 Å². The molecular formula is C19H24N4O2. The Labute approximate surface area is 147 Å². The molecule has 0 saturated carbocycles. The van der Waals surface area contributed by atoms with Crippen LogP contribution in [0.5, 0.6) is 0 Å². The van der Waals surface area contributed by atoms with Crippen LogP contribution in [0.4, 0.5) is 0 Å². The molecule has 6 nitrogen and oxygen atoms in total. The third kappa shape index (κ3) is 4.33. The van der Waals surface area contributed by atoms with E-state index in [0.717, 1.165) is 42.8 Å². The Morgan fingerprint density at radius 3 is 2.48 bits per heavy atom. The van der Waals surface area contributed by atoms with Gasteiger partial charge in [0.25, 0.3) is 11.5 Å². The van der Waals surface area contributed by atoms with Crippen LogP contribution in [0.15, 0.2) is 41.2 Å².